The number of anilines is 1. The Kier molecular flexibility index (Phi) is 8.08. The standard InChI is InChI=1S/C33H38N6O5/c1-4-18-36(21-38-25-15-11-10-14-24(25)34-35-38)32(43)29-33-17-16-26(44-33)27(28(33)31(42)39(29)22(6-3)20-40)30(41)37(19-5-2)23-12-8-7-9-13-23/h4-5,7-15,22,26-29,40H,1-2,6,16-21H2,3H3/t22-,26+,27-,28-,29?,33?/m0/s1. The molecule has 3 aliphatic rings. The Balaban J connectivity index is 1.39. The molecule has 230 valence electrons. The fraction of sp³-hybridized carbons (Fsp3) is 0.424. The third-order valence-corrected chi connectivity index (χ3v) is 9.36. The largest absolute Gasteiger partial charge is 0.394 e. The van der Waals surface area contributed by atoms with Crippen LogP contribution < -0.4 is 4.90 Å². The van der Waals surface area contributed by atoms with E-state index in [2.05, 4.69) is 23.5 Å². The Hall–Kier alpha value is -4.35. The summed E-state index contributed by atoms with van der Waals surface area (Å²) in [5.74, 6) is -2.55. The Morgan fingerprint density at radius 3 is 2.55 bits per heavy atom. The second kappa shape index (κ2) is 12.0. The van der Waals surface area contributed by atoms with E-state index in [0.29, 0.717) is 30.5 Å². The molecule has 6 atom stereocenters. The molecular formula is C33H38N6O5. The number of nitrogens with zero attached hydrogens (tertiary/aromatic N) is 6. The lowest BCUT2D eigenvalue weighted by atomic mass is 9.70. The number of hydrogen-bond donors (Lipinski definition) is 1. The summed E-state index contributed by atoms with van der Waals surface area (Å²) in [6.45, 7) is 9.79. The van der Waals surface area contributed by atoms with E-state index < -0.39 is 35.6 Å². The van der Waals surface area contributed by atoms with Crippen LogP contribution in [0.15, 0.2) is 79.9 Å². The number of carbonyl (C=O) groups is 3. The normalized spacial score (nSPS) is 26.0. The summed E-state index contributed by atoms with van der Waals surface area (Å²) in [5.41, 5.74) is 0.951. The number of aliphatic hydroxyl groups excluding tert-OH is 1. The Bertz CT molecular complexity index is 1570. The summed E-state index contributed by atoms with van der Waals surface area (Å²) < 4.78 is 8.31. The van der Waals surface area contributed by atoms with E-state index >= 15 is 0 Å². The number of ether oxygens (including phenoxy) is 1. The fourth-order valence-electron chi connectivity index (χ4n) is 7.43. The van der Waals surface area contributed by atoms with Gasteiger partial charge in [-0.3, -0.25) is 14.4 Å². The van der Waals surface area contributed by atoms with Crippen molar-refractivity contribution in [2.45, 2.75) is 56.6 Å². The van der Waals surface area contributed by atoms with Gasteiger partial charge in [-0.15, -0.1) is 18.3 Å². The average molecular weight is 599 g/mol. The van der Waals surface area contributed by atoms with Crippen LogP contribution in [0.4, 0.5) is 5.69 Å². The quantitative estimate of drug-likeness (QED) is 0.318. The number of carbonyl (C=O) groups excluding carboxylic acids is 3. The lowest BCUT2D eigenvalue weighted by molar-refractivity contribution is -0.152. The van der Waals surface area contributed by atoms with E-state index in [4.69, 9.17) is 4.74 Å². The van der Waals surface area contributed by atoms with Crippen LogP contribution in [0.2, 0.25) is 0 Å². The van der Waals surface area contributed by atoms with Crippen LogP contribution in [0.1, 0.15) is 26.2 Å². The highest BCUT2D eigenvalue weighted by Crippen LogP contribution is 2.59. The summed E-state index contributed by atoms with van der Waals surface area (Å²) >= 11 is 0. The molecule has 1 aromatic heterocycles. The lowest BCUT2D eigenvalue weighted by Crippen LogP contribution is -2.58. The van der Waals surface area contributed by atoms with Crippen LogP contribution in [0.25, 0.3) is 11.0 Å². The van der Waals surface area contributed by atoms with Crippen LogP contribution in [0.5, 0.6) is 0 Å². The van der Waals surface area contributed by atoms with E-state index in [1.165, 1.54) is 4.90 Å². The molecule has 4 heterocycles. The van der Waals surface area contributed by atoms with Gasteiger partial charge in [-0.05, 0) is 43.5 Å². The first kappa shape index (κ1) is 29.7. The van der Waals surface area contributed by atoms with Gasteiger partial charge in [0.25, 0.3) is 0 Å². The topological polar surface area (TPSA) is 121 Å². The van der Waals surface area contributed by atoms with E-state index in [-0.39, 0.29) is 44.1 Å². The molecule has 0 saturated carbocycles. The van der Waals surface area contributed by atoms with E-state index in [1.54, 1.807) is 26.6 Å². The van der Waals surface area contributed by atoms with Gasteiger partial charge in [0.1, 0.15) is 23.8 Å². The first-order valence-electron chi connectivity index (χ1n) is 15.2. The third kappa shape index (κ3) is 4.62. The molecule has 1 N–H and O–H groups in total. The van der Waals surface area contributed by atoms with E-state index in [0.717, 1.165) is 5.52 Å². The van der Waals surface area contributed by atoms with Gasteiger partial charge in [-0.1, -0.05) is 54.6 Å². The summed E-state index contributed by atoms with van der Waals surface area (Å²) in [5, 5.41) is 18.9. The van der Waals surface area contributed by atoms with Gasteiger partial charge in [0.15, 0.2) is 0 Å². The lowest BCUT2D eigenvalue weighted by Gasteiger charge is -2.39. The predicted molar refractivity (Wildman–Crippen MR) is 164 cm³/mol. The Morgan fingerprint density at radius 1 is 1.11 bits per heavy atom. The monoisotopic (exact) mass is 598 g/mol. The van der Waals surface area contributed by atoms with Crippen molar-refractivity contribution >= 4 is 34.4 Å². The number of hydrogen-bond acceptors (Lipinski definition) is 7. The molecule has 3 saturated heterocycles. The molecule has 0 radical (unpaired) electrons. The van der Waals surface area contributed by atoms with Crippen molar-refractivity contribution in [1.29, 1.82) is 0 Å². The highest BCUT2D eigenvalue weighted by atomic mass is 16.5. The van der Waals surface area contributed by atoms with Gasteiger partial charge in [0.2, 0.25) is 17.7 Å². The van der Waals surface area contributed by atoms with Crippen molar-refractivity contribution in [3.63, 3.8) is 0 Å². The minimum Gasteiger partial charge on any atom is -0.394 e. The molecule has 3 fully saturated rings. The second-order valence-corrected chi connectivity index (χ2v) is 11.7. The van der Waals surface area contributed by atoms with Gasteiger partial charge >= 0.3 is 0 Å². The molecule has 0 aliphatic carbocycles. The maximum Gasteiger partial charge on any atom is 0.250 e. The van der Waals surface area contributed by atoms with Gasteiger partial charge in [0.05, 0.1) is 36.1 Å². The number of benzene rings is 2. The third-order valence-electron chi connectivity index (χ3n) is 9.36. The molecule has 6 rings (SSSR count). The molecule has 1 spiro atoms. The van der Waals surface area contributed by atoms with E-state index in [1.807, 2.05) is 61.5 Å². The van der Waals surface area contributed by atoms with Gasteiger partial charge < -0.3 is 24.5 Å². The van der Waals surface area contributed by atoms with Crippen LogP contribution in [-0.4, -0.2) is 91.1 Å². The molecule has 2 bridgehead atoms. The SMILES string of the molecule is C=CCN(Cn1nnc2ccccc21)C(=O)C1N([C@@H](CC)CO)C(=O)[C@@H]2[C@@H](C(=O)N(CC=C)c3ccccc3)[C@H]3CCC12O3. The van der Waals surface area contributed by atoms with Crippen LogP contribution in [-0.2, 0) is 25.8 Å². The van der Waals surface area contributed by atoms with Crippen molar-refractivity contribution in [2.24, 2.45) is 11.8 Å². The molecule has 44 heavy (non-hydrogen) atoms. The van der Waals surface area contributed by atoms with Crippen LogP contribution >= 0.6 is 0 Å². The van der Waals surface area contributed by atoms with E-state index in [9.17, 15) is 19.5 Å². The van der Waals surface area contributed by atoms with Crippen molar-refractivity contribution in [1.82, 2.24) is 24.8 Å². The van der Waals surface area contributed by atoms with Crippen LogP contribution in [0.3, 0.4) is 0 Å². The average Bonchev–Trinajstić information content (AvgIpc) is 3.80. The zero-order valence-corrected chi connectivity index (χ0v) is 24.9. The number of likely N-dealkylation sites (tertiary alicyclic amines) is 1. The summed E-state index contributed by atoms with van der Waals surface area (Å²) in [6, 6.07) is 15.1. The molecular weight excluding hydrogens is 560 g/mol. The van der Waals surface area contributed by atoms with Crippen molar-refractivity contribution in [3.05, 3.63) is 79.9 Å². The Morgan fingerprint density at radius 2 is 1.84 bits per heavy atom. The molecule has 11 heteroatoms. The molecule has 2 aromatic carbocycles. The first-order chi connectivity index (χ1) is 21.4. The number of aliphatic hydroxyl groups is 1. The molecule has 2 unspecified atom stereocenters. The van der Waals surface area contributed by atoms with Crippen molar-refractivity contribution < 1.29 is 24.2 Å². The van der Waals surface area contributed by atoms with Crippen molar-refractivity contribution in [3.8, 4) is 0 Å². The molecule has 3 aromatic rings. The number of fused-ring (bicyclic) bond motifs is 2. The zero-order valence-electron chi connectivity index (χ0n) is 24.9. The summed E-state index contributed by atoms with van der Waals surface area (Å²) in [6.07, 6.45) is 4.20. The van der Waals surface area contributed by atoms with Crippen molar-refractivity contribution in [2.75, 3.05) is 24.6 Å². The molecule has 3 amide bonds. The number of aromatic nitrogens is 3. The van der Waals surface area contributed by atoms with Gasteiger partial charge in [-0.25, -0.2) is 4.68 Å². The fourth-order valence-corrected chi connectivity index (χ4v) is 7.43. The number of rotatable bonds is 12. The minimum absolute atomic E-state index is 0.0769. The summed E-state index contributed by atoms with van der Waals surface area (Å²) in [4.78, 5) is 48.2. The molecule has 11 nitrogen and oxygen atoms in total. The zero-order chi connectivity index (χ0) is 31.0. The maximum absolute atomic E-state index is 14.7. The van der Waals surface area contributed by atoms with Crippen LogP contribution in [0, 0.1) is 11.8 Å². The van der Waals surface area contributed by atoms with Gasteiger partial charge in [-0.2, -0.15) is 0 Å². The highest BCUT2D eigenvalue weighted by Gasteiger charge is 2.75. The predicted octanol–water partition coefficient (Wildman–Crippen LogP) is 2.77. The maximum atomic E-state index is 14.7. The molecule has 3 aliphatic heterocycles. The second-order valence-electron chi connectivity index (χ2n) is 11.7. The highest BCUT2D eigenvalue weighted by molar-refractivity contribution is 6.03. The minimum atomic E-state index is -1.21. The van der Waals surface area contributed by atoms with Gasteiger partial charge in [0, 0.05) is 18.8 Å². The smallest absolute Gasteiger partial charge is 0.250 e. The number of para-hydroxylation sites is 2. The summed E-state index contributed by atoms with van der Waals surface area (Å²) in [7, 11) is 0. The first-order valence-corrected chi connectivity index (χ1v) is 15.2. The number of amides is 3. The Labute approximate surface area is 256 Å².